The first-order valence-electron chi connectivity index (χ1n) is 8.46. The van der Waals surface area contributed by atoms with E-state index in [9.17, 15) is 9.59 Å². The van der Waals surface area contributed by atoms with E-state index in [1.807, 2.05) is 24.3 Å². The number of hydrogen-bond donors (Lipinski definition) is 2. The monoisotopic (exact) mass is 334 g/mol. The normalized spacial score (nSPS) is 23.5. The second-order valence-electron chi connectivity index (χ2n) is 6.61. The molecular weight excluding hydrogens is 312 g/mol. The van der Waals surface area contributed by atoms with Crippen LogP contribution >= 0.6 is 11.6 Å². The van der Waals surface area contributed by atoms with Crippen molar-refractivity contribution in [2.24, 2.45) is 11.8 Å². The summed E-state index contributed by atoms with van der Waals surface area (Å²) in [6, 6.07) is 7.97. The molecule has 2 fully saturated rings. The summed E-state index contributed by atoms with van der Waals surface area (Å²) in [6.45, 7) is 0.576. The van der Waals surface area contributed by atoms with Crippen LogP contribution in [0.1, 0.15) is 37.7 Å². The van der Waals surface area contributed by atoms with E-state index in [2.05, 4.69) is 10.6 Å². The molecule has 1 aromatic rings. The van der Waals surface area contributed by atoms with Crippen LogP contribution in [0, 0.1) is 11.8 Å². The molecule has 2 amide bonds. The van der Waals surface area contributed by atoms with E-state index in [1.165, 1.54) is 12.8 Å². The van der Waals surface area contributed by atoms with Gasteiger partial charge in [0.15, 0.2) is 0 Å². The quantitative estimate of drug-likeness (QED) is 0.840. The van der Waals surface area contributed by atoms with Crippen LogP contribution in [-0.2, 0) is 16.0 Å². The number of rotatable bonds is 6. The predicted octanol–water partition coefficient (Wildman–Crippen LogP) is 2.69. The first-order chi connectivity index (χ1) is 11.1. The lowest BCUT2D eigenvalue weighted by molar-refractivity contribution is -0.127. The molecule has 0 saturated heterocycles. The molecule has 0 aromatic heterocycles. The summed E-state index contributed by atoms with van der Waals surface area (Å²) in [5, 5.41) is 6.72. The summed E-state index contributed by atoms with van der Waals surface area (Å²) in [5.74, 6) is -0.206. The molecule has 3 rings (SSSR count). The molecule has 0 aliphatic heterocycles. The SMILES string of the molecule is O=C(NCCc1cccc(Cl)c1)C1CC1C(=O)NC1CCCC1. The van der Waals surface area contributed by atoms with Crippen molar-refractivity contribution in [1.29, 1.82) is 0 Å². The minimum Gasteiger partial charge on any atom is -0.356 e. The van der Waals surface area contributed by atoms with Crippen LogP contribution < -0.4 is 10.6 Å². The van der Waals surface area contributed by atoms with E-state index in [0.29, 0.717) is 24.0 Å². The van der Waals surface area contributed by atoms with E-state index in [1.54, 1.807) is 0 Å². The topological polar surface area (TPSA) is 58.2 Å². The van der Waals surface area contributed by atoms with Crippen LogP contribution in [0.3, 0.4) is 0 Å². The molecule has 2 saturated carbocycles. The molecule has 2 aliphatic rings. The van der Waals surface area contributed by atoms with Crippen molar-refractivity contribution < 1.29 is 9.59 Å². The van der Waals surface area contributed by atoms with E-state index >= 15 is 0 Å². The number of hydrogen-bond acceptors (Lipinski definition) is 2. The van der Waals surface area contributed by atoms with Crippen LogP contribution in [-0.4, -0.2) is 24.4 Å². The molecule has 2 atom stereocenters. The van der Waals surface area contributed by atoms with Gasteiger partial charge < -0.3 is 10.6 Å². The van der Waals surface area contributed by atoms with Gasteiger partial charge in [-0.3, -0.25) is 9.59 Å². The lowest BCUT2D eigenvalue weighted by Gasteiger charge is -2.11. The molecule has 2 unspecified atom stereocenters. The second-order valence-corrected chi connectivity index (χ2v) is 7.05. The molecule has 23 heavy (non-hydrogen) atoms. The van der Waals surface area contributed by atoms with E-state index in [-0.39, 0.29) is 23.7 Å². The second kappa shape index (κ2) is 7.35. The van der Waals surface area contributed by atoms with Crippen molar-refractivity contribution in [3.63, 3.8) is 0 Å². The zero-order valence-electron chi connectivity index (χ0n) is 13.2. The van der Waals surface area contributed by atoms with Crippen molar-refractivity contribution in [3.05, 3.63) is 34.9 Å². The minimum absolute atomic E-state index is 0.00130. The van der Waals surface area contributed by atoms with E-state index in [4.69, 9.17) is 11.6 Å². The fraction of sp³-hybridized carbons (Fsp3) is 0.556. The van der Waals surface area contributed by atoms with Gasteiger partial charge >= 0.3 is 0 Å². The molecular formula is C18H23ClN2O2. The van der Waals surface area contributed by atoms with Gasteiger partial charge in [0.1, 0.15) is 0 Å². The van der Waals surface area contributed by atoms with Gasteiger partial charge in [-0.1, -0.05) is 36.6 Å². The van der Waals surface area contributed by atoms with Gasteiger partial charge in [-0.2, -0.15) is 0 Å². The van der Waals surface area contributed by atoms with Gasteiger partial charge in [-0.25, -0.2) is 0 Å². The van der Waals surface area contributed by atoms with Gasteiger partial charge in [0.2, 0.25) is 11.8 Å². The zero-order valence-corrected chi connectivity index (χ0v) is 13.9. The number of amides is 2. The molecule has 5 heteroatoms. The Kier molecular flexibility index (Phi) is 5.21. The Labute approximate surface area is 142 Å². The van der Waals surface area contributed by atoms with Gasteiger partial charge in [-0.05, 0) is 43.4 Å². The summed E-state index contributed by atoms with van der Waals surface area (Å²) in [7, 11) is 0. The average molecular weight is 335 g/mol. The Balaban J connectivity index is 1.37. The van der Waals surface area contributed by atoms with Crippen LogP contribution in [0.4, 0.5) is 0 Å². The Morgan fingerprint density at radius 3 is 2.61 bits per heavy atom. The molecule has 124 valence electrons. The summed E-state index contributed by atoms with van der Waals surface area (Å²) in [4.78, 5) is 24.2. The fourth-order valence-corrected chi connectivity index (χ4v) is 3.52. The minimum atomic E-state index is -0.143. The molecule has 0 radical (unpaired) electrons. The van der Waals surface area contributed by atoms with Crippen molar-refractivity contribution in [1.82, 2.24) is 10.6 Å². The Morgan fingerprint density at radius 1 is 1.13 bits per heavy atom. The van der Waals surface area contributed by atoms with E-state index < -0.39 is 0 Å². The van der Waals surface area contributed by atoms with E-state index in [0.717, 1.165) is 24.8 Å². The highest BCUT2D eigenvalue weighted by Crippen LogP contribution is 2.39. The third-order valence-corrected chi connectivity index (χ3v) is 5.00. The average Bonchev–Trinajstić information content (AvgIpc) is 3.18. The molecule has 0 bridgehead atoms. The summed E-state index contributed by atoms with van der Waals surface area (Å²) < 4.78 is 0. The largest absolute Gasteiger partial charge is 0.356 e. The number of carbonyl (C=O) groups is 2. The summed E-state index contributed by atoms with van der Waals surface area (Å²) >= 11 is 5.94. The number of nitrogens with one attached hydrogen (secondary N) is 2. The maximum absolute atomic E-state index is 12.1. The molecule has 0 spiro atoms. The molecule has 2 N–H and O–H groups in total. The highest BCUT2D eigenvalue weighted by molar-refractivity contribution is 6.30. The molecule has 2 aliphatic carbocycles. The third-order valence-electron chi connectivity index (χ3n) is 4.77. The van der Waals surface area contributed by atoms with Crippen LogP contribution in [0.5, 0.6) is 0 Å². The maximum atomic E-state index is 12.1. The van der Waals surface area contributed by atoms with Crippen molar-refractivity contribution in [2.75, 3.05) is 6.54 Å². The predicted molar refractivity (Wildman–Crippen MR) is 90.2 cm³/mol. The third kappa shape index (κ3) is 4.47. The van der Waals surface area contributed by atoms with Crippen molar-refractivity contribution >= 4 is 23.4 Å². The first kappa shape index (κ1) is 16.3. The van der Waals surface area contributed by atoms with Crippen LogP contribution in [0.15, 0.2) is 24.3 Å². The van der Waals surface area contributed by atoms with Gasteiger partial charge in [-0.15, -0.1) is 0 Å². The number of benzene rings is 1. The Bertz CT molecular complexity index is 584. The molecule has 4 nitrogen and oxygen atoms in total. The summed E-state index contributed by atoms with van der Waals surface area (Å²) in [5.41, 5.74) is 1.10. The molecule has 1 aromatic carbocycles. The number of halogens is 1. The highest BCUT2D eigenvalue weighted by atomic mass is 35.5. The molecule has 0 heterocycles. The Morgan fingerprint density at radius 2 is 1.87 bits per heavy atom. The van der Waals surface area contributed by atoms with Crippen molar-refractivity contribution in [2.45, 2.75) is 44.6 Å². The van der Waals surface area contributed by atoms with Gasteiger partial charge in [0, 0.05) is 17.6 Å². The number of carbonyl (C=O) groups excluding carboxylic acids is 2. The summed E-state index contributed by atoms with van der Waals surface area (Å²) in [6.07, 6.45) is 5.98. The van der Waals surface area contributed by atoms with Crippen LogP contribution in [0.25, 0.3) is 0 Å². The van der Waals surface area contributed by atoms with Gasteiger partial charge in [0.05, 0.1) is 11.8 Å². The Hall–Kier alpha value is -1.55. The van der Waals surface area contributed by atoms with Crippen LogP contribution in [0.2, 0.25) is 5.02 Å². The van der Waals surface area contributed by atoms with Gasteiger partial charge in [0.25, 0.3) is 0 Å². The zero-order chi connectivity index (χ0) is 16.2. The first-order valence-corrected chi connectivity index (χ1v) is 8.84. The lowest BCUT2D eigenvalue weighted by atomic mass is 10.1. The maximum Gasteiger partial charge on any atom is 0.224 e. The smallest absolute Gasteiger partial charge is 0.224 e. The standard InChI is InChI=1S/C18H23ClN2O2/c19-13-5-3-4-12(10-13)8-9-20-17(22)15-11-16(15)18(23)21-14-6-1-2-7-14/h3-5,10,14-16H,1-2,6-9,11H2,(H,20,22)(H,21,23). The van der Waals surface area contributed by atoms with Crippen molar-refractivity contribution in [3.8, 4) is 0 Å². The highest BCUT2D eigenvalue weighted by Gasteiger charge is 2.48. The lowest BCUT2D eigenvalue weighted by Crippen LogP contribution is -2.35. The fourth-order valence-electron chi connectivity index (χ4n) is 3.31.